The summed E-state index contributed by atoms with van der Waals surface area (Å²) in [7, 11) is -3.35. The fourth-order valence-corrected chi connectivity index (χ4v) is 3.74. The van der Waals surface area contributed by atoms with E-state index in [4.69, 9.17) is 0 Å². The van der Waals surface area contributed by atoms with Crippen LogP contribution >= 0.6 is 0 Å². The fraction of sp³-hybridized carbons (Fsp3) is 0.300. The molecule has 0 saturated carbocycles. The van der Waals surface area contributed by atoms with E-state index in [9.17, 15) is 18.0 Å². The van der Waals surface area contributed by atoms with Gasteiger partial charge in [-0.3, -0.25) is 14.3 Å². The number of benzene rings is 2. The average molecular weight is 401 g/mol. The molecule has 0 aliphatic carbocycles. The smallest absolute Gasteiger partial charge is 0.254 e. The van der Waals surface area contributed by atoms with Crippen LogP contribution in [0.25, 0.3) is 0 Å². The number of carbonyl (C=O) groups excluding carboxylic acids is 2. The van der Waals surface area contributed by atoms with Crippen molar-refractivity contribution in [3.63, 3.8) is 0 Å². The number of amides is 1. The van der Waals surface area contributed by atoms with Crippen LogP contribution in [0.1, 0.15) is 33.2 Å². The first-order chi connectivity index (χ1) is 13.2. The van der Waals surface area contributed by atoms with Crippen LogP contribution in [0, 0.1) is 0 Å². The second-order valence-corrected chi connectivity index (χ2v) is 8.69. The number of rotatable bonds is 8. The zero-order valence-corrected chi connectivity index (χ0v) is 16.6. The van der Waals surface area contributed by atoms with Crippen molar-refractivity contribution in [3.8, 4) is 0 Å². The summed E-state index contributed by atoms with van der Waals surface area (Å²) < 4.78 is 24.8. The molecule has 1 atom stereocenters. The number of hydrogen-bond acceptors (Lipinski definition) is 5. The Labute approximate surface area is 164 Å². The van der Waals surface area contributed by atoms with Crippen LogP contribution < -0.4 is 10.0 Å². The van der Waals surface area contributed by atoms with Crippen molar-refractivity contribution >= 4 is 27.4 Å². The van der Waals surface area contributed by atoms with Gasteiger partial charge in [0.1, 0.15) is 0 Å². The van der Waals surface area contributed by atoms with Crippen molar-refractivity contribution in [2.75, 3.05) is 24.1 Å². The topological polar surface area (TPSA) is 95.6 Å². The summed E-state index contributed by atoms with van der Waals surface area (Å²) in [4.78, 5) is 26.6. The number of nitrogens with one attached hydrogen (secondary N) is 2. The summed E-state index contributed by atoms with van der Waals surface area (Å²) in [5.41, 5.74) is 2.67. The second-order valence-electron chi connectivity index (χ2n) is 6.94. The monoisotopic (exact) mass is 401 g/mol. The predicted molar refractivity (Wildman–Crippen MR) is 108 cm³/mol. The molecule has 0 fully saturated rings. The van der Waals surface area contributed by atoms with Gasteiger partial charge in [-0.05, 0) is 42.8 Å². The Balaban J connectivity index is 1.50. The van der Waals surface area contributed by atoms with Gasteiger partial charge in [0.15, 0.2) is 5.78 Å². The van der Waals surface area contributed by atoms with E-state index in [1.165, 1.54) is 0 Å². The zero-order valence-electron chi connectivity index (χ0n) is 15.8. The minimum absolute atomic E-state index is 0.0187. The third-order valence-corrected chi connectivity index (χ3v) is 5.22. The number of hydrogen-bond donors (Lipinski definition) is 2. The van der Waals surface area contributed by atoms with Crippen LogP contribution in [0.4, 0.5) is 5.69 Å². The van der Waals surface area contributed by atoms with E-state index in [2.05, 4.69) is 10.0 Å². The molecule has 2 aromatic carbocycles. The van der Waals surface area contributed by atoms with Gasteiger partial charge in [0.05, 0.1) is 12.8 Å². The predicted octanol–water partition coefficient (Wildman–Crippen LogP) is 1.87. The van der Waals surface area contributed by atoms with Crippen LogP contribution in [0.5, 0.6) is 0 Å². The van der Waals surface area contributed by atoms with Gasteiger partial charge < -0.3 is 10.2 Å². The molecule has 1 unspecified atom stereocenters. The molecular weight excluding hydrogens is 378 g/mol. The molecule has 28 heavy (non-hydrogen) atoms. The summed E-state index contributed by atoms with van der Waals surface area (Å²) in [6.07, 6.45) is 1.07. The lowest BCUT2D eigenvalue weighted by molar-refractivity contribution is 0.0716. The summed E-state index contributed by atoms with van der Waals surface area (Å²) in [6, 6.07) is 13.8. The maximum Gasteiger partial charge on any atom is 0.254 e. The lowest BCUT2D eigenvalue weighted by Gasteiger charge is -2.24. The molecule has 1 aliphatic rings. The number of fused-ring (bicyclic) bond motifs is 1. The first kappa shape index (κ1) is 20.0. The van der Waals surface area contributed by atoms with Crippen LogP contribution in [-0.4, -0.2) is 50.4 Å². The molecule has 0 bridgehead atoms. The van der Waals surface area contributed by atoms with Crippen LogP contribution in [-0.2, 0) is 16.6 Å². The Morgan fingerprint density at radius 2 is 1.82 bits per heavy atom. The van der Waals surface area contributed by atoms with Crippen molar-refractivity contribution in [3.05, 3.63) is 65.2 Å². The molecule has 7 nitrogen and oxygen atoms in total. The second kappa shape index (κ2) is 8.12. The highest BCUT2D eigenvalue weighted by molar-refractivity contribution is 7.92. The molecule has 0 radical (unpaired) electrons. The summed E-state index contributed by atoms with van der Waals surface area (Å²) in [6.45, 7) is 3.17. The third kappa shape index (κ3) is 4.76. The largest absolute Gasteiger partial charge is 0.330 e. The Kier molecular flexibility index (Phi) is 5.81. The minimum Gasteiger partial charge on any atom is -0.330 e. The number of anilines is 1. The Morgan fingerprint density at radius 1 is 1.14 bits per heavy atom. The molecule has 0 saturated heterocycles. The first-order valence-electron chi connectivity index (χ1n) is 8.95. The van der Waals surface area contributed by atoms with Crippen molar-refractivity contribution in [1.29, 1.82) is 0 Å². The van der Waals surface area contributed by atoms with Gasteiger partial charge in [0.2, 0.25) is 10.0 Å². The van der Waals surface area contributed by atoms with E-state index < -0.39 is 10.0 Å². The molecule has 0 spiro atoms. The number of sulfonamides is 1. The highest BCUT2D eigenvalue weighted by atomic mass is 32.2. The van der Waals surface area contributed by atoms with Crippen LogP contribution in [0.15, 0.2) is 48.5 Å². The lowest BCUT2D eigenvalue weighted by atomic mass is 10.1. The quantitative estimate of drug-likeness (QED) is 0.659. The molecule has 148 valence electrons. The van der Waals surface area contributed by atoms with Gasteiger partial charge in [0, 0.05) is 35.9 Å². The standard InChI is InChI=1S/C20H23N3O4S/c1-14(23-13-16-5-3-4-6-18(16)20(23)25)11-21-12-19(24)15-7-9-17(10-8-15)22-28(2,26)27/h3-10,14,21-22H,11-13H2,1-2H3. The summed E-state index contributed by atoms with van der Waals surface area (Å²) >= 11 is 0. The number of nitrogens with zero attached hydrogens (tertiary/aromatic N) is 1. The molecule has 0 aromatic heterocycles. The zero-order chi connectivity index (χ0) is 20.3. The van der Waals surface area contributed by atoms with Crippen molar-refractivity contribution < 1.29 is 18.0 Å². The Hall–Kier alpha value is -2.71. The SMILES string of the molecule is CC(CNCC(=O)c1ccc(NS(C)(=O)=O)cc1)N1Cc2ccccc2C1=O. The van der Waals surface area contributed by atoms with Crippen molar-refractivity contribution in [2.45, 2.75) is 19.5 Å². The van der Waals surface area contributed by atoms with Gasteiger partial charge in [-0.15, -0.1) is 0 Å². The fourth-order valence-electron chi connectivity index (χ4n) is 3.18. The van der Waals surface area contributed by atoms with E-state index in [-0.39, 0.29) is 24.3 Å². The Bertz CT molecular complexity index is 987. The van der Waals surface area contributed by atoms with Gasteiger partial charge in [-0.25, -0.2) is 8.42 Å². The lowest BCUT2D eigenvalue weighted by Crippen LogP contribution is -2.41. The molecule has 1 amide bonds. The average Bonchev–Trinajstić information content (AvgIpc) is 2.98. The highest BCUT2D eigenvalue weighted by Gasteiger charge is 2.30. The third-order valence-electron chi connectivity index (χ3n) is 4.62. The number of Topliss-reactive ketones (excluding diaryl/α,β-unsaturated/α-hetero) is 1. The van der Waals surface area contributed by atoms with E-state index >= 15 is 0 Å². The number of ketones is 1. The number of carbonyl (C=O) groups is 2. The maximum absolute atomic E-state index is 12.5. The summed E-state index contributed by atoms with van der Waals surface area (Å²) in [5.74, 6) is -0.0840. The maximum atomic E-state index is 12.5. The first-order valence-corrected chi connectivity index (χ1v) is 10.8. The van der Waals surface area contributed by atoms with Gasteiger partial charge in [0.25, 0.3) is 5.91 Å². The molecule has 8 heteroatoms. The minimum atomic E-state index is -3.35. The van der Waals surface area contributed by atoms with E-state index in [1.54, 1.807) is 29.2 Å². The molecule has 1 aliphatic heterocycles. The molecule has 1 heterocycles. The molecule has 2 aromatic rings. The van der Waals surface area contributed by atoms with E-state index in [0.717, 1.165) is 17.4 Å². The highest BCUT2D eigenvalue weighted by Crippen LogP contribution is 2.23. The molecule has 3 rings (SSSR count). The van der Waals surface area contributed by atoms with Crippen LogP contribution in [0.2, 0.25) is 0 Å². The van der Waals surface area contributed by atoms with Crippen molar-refractivity contribution in [2.24, 2.45) is 0 Å². The van der Waals surface area contributed by atoms with Gasteiger partial charge in [-0.1, -0.05) is 18.2 Å². The van der Waals surface area contributed by atoms with Crippen molar-refractivity contribution in [1.82, 2.24) is 10.2 Å². The van der Waals surface area contributed by atoms with E-state index in [0.29, 0.717) is 24.3 Å². The normalized spacial score (nSPS) is 14.6. The van der Waals surface area contributed by atoms with Gasteiger partial charge >= 0.3 is 0 Å². The van der Waals surface area contributed by atoms with Gasteiger partial charge in [-0.2, -0.15) is 0 Å². The summed E-state index contributed by atoms with van der Waals surface area (Å²) in [5, 5.41) is 3.11. The molecule has 2 N–H and O–H groups in total. The Morgan fingerprint density at radius 3 is 2.46 bits per heavy atom. The molecular formula is C20H23N3O4S. The van der Waals surface area contributed by atoms with E-state index in [1.807, 2.05) is 31.2 Å². The van der Waals surface area contributed by atoms with Crippen LogP contribution in [0.3, 0.4) is 0 Å².